The second-order valence-electron chi connectivity index (χ2n) is 3.73. The molecule has 2 heterocycles. The van der Waals surface area contributed by atoms with Gasteiger partial charge in [-0.2, -0.15) is 0 Å². The SMILES string of the molecule is CC(NS(=O)(=O)c1c[nH]ccc1=O)c1ccco1. The van der Waals surface area contributed by atoms with Gasteiger partial charge in [-0.25, -0.2) is 13.1 Å². The maximum Gasteiger partial charge on any atom is 0.246 e. The van der Waals surface area contributed by atoms with Crippen LogP contribution in [0.1, 0.15) is 18.7 Å². The van der Waals surface area contributed by atoms with Crippen molar-refractivity contribution in [2.45, 2.75) is 17.9 Å². The zero-order chi connectivity index (χ0) is 13.2. The van der Waals surface area contributed by atoms with Crippen LogP contribution in [0.2, 0.25) is 0 Å². The van der Waals surface area contributed by atoms with Gasteiger partial charge in [-0.3, -0.25) is 4.79 Å². The largest absolute Gasteiger partial charge is 0.468 e. The molecule has 0 fully saturated rings. The lowest BCUT2D eigenvalue weighted by molar-refractivity contribution is 0.459. The van der Waals surface area contributed by atoms with Gasteiger partial charge < -0.3 is 9.40 Å². The molecule has 0 aromatic carbocycles. The molecule has 0 saturated carbocycles. The third-order valence-electron chi connectivity index (χ3n) is 2.38. The van der Waals surface area contributed by atoms with Gasteiger partial charge in [-0.1, -0.05) is 0 Å². The maximum atomic E-state index is 12.0. The van der Waals surface area contributed by atoms with Crippen LogP contribution in [0.25, 0.3) is 0 Å². The first-order valence-corrected chi connectivity index (χ1v) is 6.72. The zero-order valence-electron chi connectivity index (χ0n) is 9.58. The third kappa shape index (κ3) is 2.52. The van der Waals surface area contributed by atoms with E-state index in [0.29, 0.717) is 5.76 Å². The molecule has 2 aromatic rings. The van der Waals surface area contributed by atoms with Crippen LogP contribution in [-0.4, -0.2) is 13.4 Å². The maximum absolute atomic E-state index is 12.0. The number of hydrogen-bond donors (Lipinski definition) is 2. The summed E-state index contributed by atoms with van der Waals surface area (Å²) in [6.07, 6.45) is 3.98. The summed E-state index contributed by atoms with van der Waals surface area (Å²) in [7, 11) is -3.87. The summed E-state index contributed by atoms with van der Waals surface area (Å²) in [4.78, 5) is 13.7. The minimum absolute atomic E-state index is 0.316. The molecule has 0 aliphatic rings. The van der Waals surface area contributed by atoms with Gasteiger partial charge in [-0.05, 0) is 19.1 Å². The highest BCUT2D eigenvalue weighted by Crippen LogP contribution is 2.15. The van der Waals surface area contributed by atoms with Gasteiger partial charge in [-0.15, -0.1) is 0 Å². The Labute approximate surface area is 104 Å². The molecule has 18 heavy (non-hydrogen) atoms. The van der Waals surface area contributed by atoms with Crippen LogP contribution >= 0.6 is 0 Å². The van der Waals surface area contributed by atoms with E-state index in [1.807, 2.05) is 0 Å². The van der Waals surface area contributed by atoms with Crippen molar-refractivity contribution >= 4 is 10.0 Å². The topological polar surface area (TPSA) is 92.2 Å². The van der Waals surface area contributed by atoms with E-state index < -0.39 is 21.5 Å². The Hall–Kier alpha value is -1.86. The summed E-state index contributed by atoms with van der Waals surface area (Å²) in [5.74, 6) is 0.478. The van der Waals surface area contributed by atoms with Crippen LogP contribution in [0.3, 0.4) is 0 Å². The lowest BCUT2D eigenvalue weighted by Crippen LogP contribution is -2.30. The first-order chi connectivity index (χ1) is 8.50. The van der Waals surface area contributed by atoms with Gasteiger partial charge in [0.25, 0.3) is 0 Å². The van der Waals surface area contributed by atoms with E-state index in [-0.39, 0.29) is 4.90 Å². The summed E-state index contributed by atoms with van der Waals surface area (Å²) < 4.78 is 31.4. The number of nitrogens with one attached hydrogen (secondary N) is 2. The molecule has 2 rings (SSSR count). The van der Waals surface area contributed by atoms with Gasteiger partial charge in [0.15, 0.2) is 0 Å². The molecule has 96 valence electrons. The van der Waals surface area contributed by atoms with Crippen LogP contribution < -0.4 is 10.2 Å². The molecule has 6 nitrogen and oxygen atoms in total. The second-order valence-corrected chi connectivity index (χ2v) is 5.41. The average Bonchev–Trinajstić information content (AvgIpc) is 2.82. The van der Waals surface area contributed by atoms with Crippen molar-refractivity contribution in [3.63, 3.8) is 0 Å². The Morgan fingerprint density at radius 2 is 2.17 bits per heavy atom. The number of aromatic nitrogens is 1. The molecule has 0 saturated heterocycles. The fourth-order valence-corrected chi connectivity index (χ4v) is 2.77. The van der Waals surface area contributed by atoms with Crippen LogP contribution in [0.4, 0.5) is 0 Å². The fraction of sp³-hybridized carbons (Fsp3) is 0.182. The quantitative estimate of drug-likeness (QED) is 0.865. The lowest BCUT2D eigenvalue weighted by atomic mass is 10.3. The molecule has 1 unspecified atom stereocenters. The summed E-state index contributed by atoms with van der Waals surface area (Å²) in [6, 6.07) is 3.92. The molecule has 0 bridgehead atoms. The van der Waals surface area contributed by atoms with E-state index in [9.17, 15) is 13.2 Å². The number of aromatic amines is 1. The van der Waals surface area contributed by atoms with Gasteiger partial charge in [0.05, 0.1) is 12.3 Å². The Balaban J connectivity index is 2.29. The Morgan fingerprint density at radius 3 is 2.78 bits per heavy atom. The van der Waals surface area contributed by atoms with E-state index in [2.05, 4.69) is 9.71 Å². The van der Waals surface area contributed by atoms with E-state index in [1.165, 1.54) is 12.5 Å². The number of furan rings is 1. The van der Waals surface area contributed by atoms with Gasteiger partial charge >= 0.3 is 0 Å². The van der Waals surface area contributed by atoms with Crippen molar-refractivity contribution in [3.8, 4) is 0 Å². The monoisotopic (exact) mass is 268 g/mol. The molecule has 2 N–H and O–H groups in total. The van der Waals surface area contributed by atoms with Gasteiger partial charge in [0.1, 0.15) is 10.7 Å². The Morgan fingerprint density at radius 1 is 1.39 bits per heavy atom. The molecule has 0 aliphatic carbocycles. The highest BCUT2D eigenvalue weighted by atomic mass is 32.2. The van der Waals surface area contributed by atoms with Gasteiger partial charge in [0, 0.05) is 18.5 Å². The average molecular weight is 268 g/mol. The lowest BCUT2D eigenvalue weighted by Gasteiger charge is -2.11. The highest BCUT2D eigenvalue weighted by molar-refractivity contribution is 7.89. The van der Waals surface area contributed by atoms with Crippen molar-refractivity contribution in [1.29, 1.82) is 0 Å². The molecule has 2 aromatic heterocycles. The van der Waals surface area contributed by atoms with Crippen LogP contribution in [-0.2, 0) is 10.0 Å². The predicted molar refractivity (Wildman–Crippen MR) is 64.5 cm³/mol. The smallest absolute Gasteiger partial charge is 0.246 e. The molecular weight excluding hydrogens is 256 g/mol. The summed E-state index contributed by atoms with van der Waals surface area (Å²) in [5.41, 5.74) is -0.562. The second kappa shape index (κ2) is 4.79. The minimum atomic E-state index is -3.87. The Bertz CT molecular complexity index is 673. The predicted octanol–water partition coefficient (Wildman–Crippen LogP) is 1.01. The van der Waals surface area contributed by atoms with E-state index >= 15 is 0 Å². The number of sulfonamides is 1. The number of hydrogen-bond acceptors (Lipinski definition) is 4. The van der Waals surface area contributed by atoms with E-state index in [1.54, 1.807) is 19.1 Å². The molecule has 0 radical (unpaired) electrons. The summed E-state index contributed by atoms with van der Waals surface area (Å²) >= 11 is 0. The highest BCUT2D eigenvalue weighted by Gasteiger charge is 2.22. The number of pyridine rings is 1. The number of rotatable bonds is 4. The van der Waals surface area contributed by atoms with Crippen molar-refractivity contribution in [3.05, 3.63) is 52.8 Å². The van der Waals surface area contributed by atoms with Crippen molar-refractivity contribution in [2.24, 2.45) is 0 Å². The summed E-state index contributed by atoms with van der Waals surface area (Å²) in [6.45, 7) is 1.63. The van der Waals surface area contributed by atoms with Crippen LogP contribution in [0, 0.1) is 0 Å². The van der Waals surface area contributed by atoms with Crippen LogP contribution in [0.5, 0.6) is 0 Å². The van der Waals surface area contributed by atoms with Crippen molar-refractivity contribution in [1.82, 2.24) is 9.71 Å². The molecule has 1 atom stereocenters. The molecule has 0 spiro atoms. The van der Waals surface area contributed by atoms with Gasteiger partial charge in [0.2, 0.25) is 15.5 Å². The standard InChI is InChI=1S/C11H12N2O4S/c1-8(10-3-2-6-17-10)13-18(15,16)11-7-12-5-4-9(11)14/h2-8,13H,1H3,(H,12,14). The number of H-pyrrole nitrogens is 1. The zero-order valence-corrected chi connectivity index (χ0v) is 10.4. The van der Waals surface area contributed by atoms with Crippen LogP contribution in [0.15, 0.2) is 51.0 Å². The normalized spacial score (nSPS) is 13.4. The van der Waals surface area contributed by atoms with E-state index in [4.69, 9.17) is 4.42 Å². The van der Waals surface area contributed by atoms with Crippen molar-refractivity contribution < 1.29 is 12.8 Å². The Kier molecular flexibility index (Phi) is 3.35. The van der Waals surface area contributed by atoms with E-state index in [0.717, 1.165) is 12.3 Å². The first kappa shape index (κ1) is 12.6. The molecule has 0 amide bonds. The molecule has 0 aliphatic heterocycles. The van der Waals surface area contributed by atoms with Crippen molar-refractivity contribution in [2.75, 3.05) is 0 Å². The first-order valence-electron chi connectivity index (χ1n) is 5.23. The third-order valence-corrected chi connectivity index (χ3v) is 3.94. The minimum Gasteiger partial charge on any atom is -0.468 e. The molecular formula is C11H12N2O4S. The molecule has 7 heteroatoms. The fourth-order valence-electron chi connectivity index (χ4n) is 1.50. The summed E-state index contributed by atoms with van der Waals surface area (Å²) in [5, 5.41) is 0.